The highest BCUT2D eigenvalue weighted by molar-refractivity contribution is 7.99. The SMILES string of the molecule is O=C(NCCCSc1ccc(F)cc1)C1CCCN(S(=O)(=O)c2ccccc2)C1. The molecule has 3 rings (SSSR count). The van der Waals surface area contributed by atoms with Gasteiger partial charge in [0.1, 0.15) is 5.82 Å². The topological polar surface area (TPSA) is 66.5 Å². The second-order valence-corrected chi connectivity index (χ2v) is 10.1. The number of piperidine rings is 1. The van der Waals surface area contributed by atoms with Gasteiger partial charge in [-0.2, -0.15) is 4.31 Å². The average molecular weight is 437 g/mol. The van der Waals surface area contributed by atoms with Crippen molar-refractivity contribution in [2.24, 2.45) is 5.92 Å². The fourth-order valence-corrected chi connectivity index (χ4v) is 5.66. The number of nitrogens with zero attached hydrogens (tertiary/aromatic N) is 1. The van der Waals surface area contributed by atoms with Gasteiger partial charge in [-0.3, -0.25) is 4.79 Å². The Morgan fingerprint density at radius 2 is 1.86 bits per heavy atom. The van der Waals surface area contributed by atoms with Crippen LogP contribution in [0.25, 0.3) is 0 Å². The lowest BCUT2D eigenvalue weighted by Gasteiger charge is -2.31. The van der Waals surface area contributed by atoms with E-state index in [-0.39, 0.29) is 29.1 Å². The summed E-state index contributed by atoms with van der Waals surface area (Å²) in [4.78, 5) is 13.8. The largest absolute Gasteiger partial charge is 0.356 e. The molecule has 1 heterocycles. The monoisotopic (exact) mass is 436 g/mol. The van der Waals surface area contributed by atoms with E-state index in [1.807, 2.05) is 0 Å². The van der Waals surface area contributed by atoms with Gasteiger partial charge in [0.15, 0.2) is 0 Å². The number of amides is 1. The van der Waals surface area contributed by atoms with Gasteiger partial charge in [-0.05, 0) is 61.4 Å². The lowest BCUT2D eigenvalue weighted by molar-refractivity contribution is -0.126. The molecule has 156 valence electrons. The first-order chi connectivity index (χ1) is 14.0. The van der Waals surface area contributed by atoms with E-state index in [0.717, 1.165) is 17.1 Å². The molecule has 8 heteroatoms. The molecule has 5 nitrogen and oxygen atoms in total. The summed E-state index contributed by atoms with van der Waals surface area (Å²) in [5, 5.41) is 2.93. The molecule has 0 bridgehead atoms. The first-order valence-electron chi connectivity index (χ1n) is 9.68. The van der Waals surface area contributed by atoms with Crippen LogP contribution in [0, 0.1) is 11.7 Å². The molecule has 1 atom stereocenters. The molecule has 1 fully saturated rings. The summed E-state index contributed by atoms with van der Waals surface area (Å²) >= 11 is 1.61. The third kappa shape index (κ3) is 6.04. The summed E-state index contributed by atoms with van der Waals surface area (Å²) < 4.78 is 39.9. The van der Waals surface area contributed by atoms with Gasteiger partial charge in [0.2, 0.25) is 15.9 Å². The molecule has 0 radical (unpaired) electrons. The second kappa shape index (κ2) is 10.2. The van der Waals surface area contributed by atoms with Crippen LogP contribution >= 0.6 is 11.8 Å². The quantitative estimate of drug-likeness (QED) is 0.508. The van der Waals surface area contributed by atoms with Crippen molar-refractivity contribution < 1.29 is 17.6 Å². The van der Waals surface area contributed by atoms with E-state index in [0.29, 0.717) is 25.9 Å². The highest BCUT2D eigenvalue weighted by atomic mass is 32.2. The number of sulfonamides is 1. The number of benzene rings is 2. The Morgan fingerprint density at radius 3 is 2.59 bits per heavy atom. The van der Waals surface area contributed by atoms with Gasteiger partial charge >= 0.3 is 0 Å². The van der Waals surface area contributed by atoms with E-state index in [9.17, 15) is 17.6 Å². The van der Waals surface area contributed by atoms with Gasteiger partial charge in [0, 0.05) is 24.5 Å². The molecule has 1 saturated heterocycles. The number of halogens is 1. The molecule has 1 amide bonds. The number of hydrogen-bond donors (Lipinski definition) is 1. The number of carbonyl (C=O) groups is 1. The van der Waals surface area contributed by atoms with E-state index < -0.39 is 10.0 Å². The van der Waals surface area contributed by atoms with E-state index in [1.54, 1.807) is 54.2 Å². The minimum atomic E-state index is -3.57. The van der Waals surface area contributed by atoms with E-state index in [4.69, 9.17) is 0 Å². The van der Waals surface area contributed by atoms with Crippen molar-refractivity contribution in [3.05, 3.63) is 60.4 Å². The van der Waals surface area contributed by atoms with Gasteiger partial charge in [-0.1, -0.05) is 18.2 Å². The van der Waals surface area contributed by atoms with Crippen LogP contribution < -0.4 is 5.32 Å². The number of thioether (sulfide) groups is 1. The van der Waals surface area contributed by atoms with E-state index >= 15 is 0 Å². The van der Waals surface area contributed by atoms with Crippen molar-refractivity contribution in [1.29, 1.82) is 0 Å². The zero-order chi connectivity index (χ0) is 20.7. The Labute approximate surface area is 175 Å². The molecule has 0 spiro atoms. The third-order valence-electron chi connectivity index (χ3n) is 4.84. The van der Waals surface area contributed by atoms with Gasteiger partial charge in [-0.25, -0.2) is 12.8 Å². The van der Waals surface area contributed by atoms with Crippen molar-refractivity contribution in [2.45, 2.75) is 29.1 Å². The zero-order valence-corrected chi connectivity index (χ0v) is 17.7. The first kappa shape index (κ1) is 21.8. The fraction of sp³-hybridized carbons (Fsp3) is 0.381. The number of nitrogens with one attached hydrogen (secondary N) is 1. The van der Waals surface area contributed by atoms with Gasteiger partial charge in [-0.15, -0.1) is 11.8 Å². The lowest BCUT2D eigenvalue weighted by atomic mass is 9.99. The Morgan fingerprint density at radius 1 is 1.14 bits per heavy atom. The molecule has 1 N–H and O–H groups in total. The summed E-state index contributed by atoms with van der Waals surface area (Å²) in [6, 6.07) is 14.7. The van der Waals surface area contributed by atoms with Gasteiger partial charge in [0.25, 0.3) is 0 Å². The molecular formula is C21H25FN2O3S2. The average Bonchev–Trinajstić information content (AvgIpc) is 2.75. The number of carbonyl (C=O) groups excluding carboxylic acids is 1. The van der Waals surface area contributed by atoms with Crippen molar-refractivity contribution in [1.82, 2.24) is 9.62 Å². The van der Waals surface area contributed by atoms with Crippen LogP contribution in [0.1, 0.15) is 19.3 Å². The molecule has 2 aromatic rings. The summed E-state index contributed by atoms with van der Waals surface area (Å²) in [6.07, 6.45) is 2.15. The summed E-state index contributed by atoms with van der Waals surface area (Å²) in [5.41, 5.74) is 0. The second-order valence-electron chi connectivity index (χ2n) is 6.96. The molecule has 0 aromatic heterocycles. The van der Waals surface area contributed by atoms with Gasteiger partial charge in [0.05, 0.1) is 10.8 Å². The maximum atomic E-state index is 12.9. The highest BCUT2D eigenvalue weighted by Crippen LogP contribution is 2.24. The predicted octanol–water partition coefficient (Wildman–Crippen LogP) is 3.53. The van der Waals surface area contributed by atoms with Crippen molar-refractivity contribution in [3.8, 4) is 0 Å². The standard InChI is InChI=1S/C21H25FN2O3S2/c22-18-9-11-19(12-10-18)28-15-5-13-23-21(25)17-6-4-14-24(16-17)29(26,27)20-7-2-1-3-8-20/h1-3,7-12,17H,4-6,13-16H2,(H,23,25). The molecule has 0 aliphatic carbocycles. The van der Waals surface area contributed by atoms with Gasteiger partial charge < -0.3 is 5.32 Å². The normalized spacial score (nSPS) is 17.8. The first-order valence-corrected chi connectivity index (χ1v) is 12.1. The Balaban J connectivity index is 1.44. The Hall–Kier alpha value is -1.90. The third-order valence-corrected chi connectivity index (χ3v) is 7.82. The lowest BCUT2D eigenvalue weighted by Crippen LogP contribution is -2.45. The molecule has 2 aromatic carbocycles. The molecule has 1 aliphatic rings. The smallest absolute Gasteiger partial charge is 0.243 e. The van der Waals surface area contributed by atoms with Crippen LogP contribution in [0.15, 0.2) is 64.4 Å². The Kier molecular flexibility index (Phi) is 7.69. The van der Waals surface area contributed by atoms with Crippen LogP contribution in [-0.4, -0.2) is 44.0 Å². The van der Waals surface area contributed by atoms with E-state index in [2.05, 4.69) is 5.32 Å². The summed E-state index contributed by atoms with van der Waals surface area (Å²) in [6.45, 7) is 1.19. The molecule has 1 unspecified atom stereocenters. The van der Waals surface area contributed by atoms with Crippen LogP contribution in [-0.2, 0) is 14.8 Å². The summed E-state index contributed by atoms with van der Waals surface area (Å²) in [7, 11) is -3.57. The van der Waals surface area contributed by atoms with Crippen LogP contribution in [0.2, 0.25) is 0 Å². The molecule has 29 heavy (non-hydrogen) atoms. The van der Waals surface area contributed by atoms with Crippen molar-refractivity contribution in [2.75, 3.05) is 25.4 Å². The molecular weight excluding hydrogens is 411 g/mol. The van der Waals surface area contributed by atoms with Crippen LogP contribution in [0.3, 0.4) is 0 Å². The zero-order valence-electron chi connectivity index (χ0n) is 16.1. The maximum absolute atomic E-state index is 12.9. The highest BCUT2D eigenvalue weighted by Gasteiger charge is 2.33. The minimum absolute atomic E-state index is 0.0928. The fourth-order valence-electron chi connectivity index (χ4n) is 3.27. The Bertz CT molecular complexity index is 905. The molecule has 1 aliphatic heterocycles. The number of hydrogen-bond acceptors (Lipinski definition) is 4. The van der Waals surface area contributed by atoms with E-state index in [1.165, 1.54) is 16.4 Å². The van der Waals surface area contributed by atoms with Crippen molar-refractivity contribution >= 4 is 27.7 Å². The summed E-state index contributed by atoms with van der Waals surface area (Å²) in [5.74, 6) is 0.139. The van der Waals surface area contributed by atoms with Crippen LogP contribution in [0.4, 0.5) is 4.39 Å². The maximum Gasteiger partial charge on any atom is 0.243 e. The minimum Gasteiger partial charge on any atom is -0.356 e. The number of rotatable bonds is 8. The predicted molar refractivity (Wildman–Crippen MR) is 113 cm³/mol. The molecule has 0 saturated carbocycles. The van der Waals surface area contributed by atoms with Crippen LogP contribution in [0.5, 0.6) is 0 Å². The van der Waals surface area contributed by atoms with Crippen molar-refractivity contribution in [3.63, 3.8) is 0 Å².